The van der Waals surface area contributed by atoms with Crippen molar-refractivity contribution >= 4 is 46.1 Å². The largest absolute Gasteiger partial charge is 0.490 e. The van der Waals surface area contributed by atoms with Crippen molar-refractivity contribution in [1.82, 2.24) is 0 Å². The molecular formula is C36H35FN6O6. The van der Waals surface area contributed by atoms with Crippen LogP contribution in [0.1, 0.15) is 13.8 Å². The van der Waals surface area contributed by atoms with Crippen LogP contribution in [0.25, 0.3) is 0 Å². The number of anilines is 2. The van der Waals surface area contributed by atoms with E-state index < -0.39 is 17.8 Å². The minimum Gasteiger partial charge on any atom is -0.490 e. The number of carbonyl (C=O) groups excluding carboxylic acids is 2. The third-order valence-electron chi connectivity index (χ3n) is 6.26. The maximum Gasteiger partial charge on any atom is 0.333 e. The lowest BCUT2D eigenvalue weighted by molar-refractivity contribution is -0.140. The lowest BCUT2D eigenvalue weighted by Gasteiger charge is -2.11. The summed E-state index contributed by atoms with van der Waals surface area (Å²) < 4.78 is 35.8. The van der Waals surface area contributed by atoms with Crippen LogP contribution in [0, 0.1) is 5.82 Å². The Morgan fingerprint density at radius 3 is 1.49 bits per heavy atom. The molecule has 0 aromatic heterocycles. The van der Waals surface area contributed by atoms with Crippen LogP contribution >= 0.6 is 0 Å². The quantitative estimate of drug-likeness (QED) is 0.0373. The van der Waals surface area contributed by atoms with Crippen LogP contribution in [0.2, 0.25) is 0 Å². The number of hydrazine groups is 1. The van der Waals surface area contributed by atoms with E-state index in [4.69, 9.17) is 18.9 Å². The molecular weight excluding hydrogens is 631 g/mol. The molecule has 0 heterocycles. The molecule has 2 N–H and O–H groups in total. The van der Waals surface area contributed by atoms with Gasteiger partial charge in [0.2, 0.25) is 0 Å². The third-order valence-corrected chi connectivity index (χ3v) is 6.26. The van der Waals surface area contributed by atoms with Crippen molar-refractivity contribution in [3.63, 3.8) is 0 Å². The van der Waals surface area contributed by atoms with Crippen LogP contribution in [-0.2, 0) is 19.1 Å². The molecule has 4 rings (SSSR count). The van der Waals surface area contributed by atoms with Gasteiger partial charge >= 0.3 is 11.9 Å². The van der Waals surface area contributed by atoms with E-state index in [1.165, 1.54) is 12.1 Å². The molecule has 12 nitrogen and oxygen atoms in total. The molecule has 0 spiro atoms. The van der Waals surface area contributed by atoms with Gasteiger partial charge in [-0.2, -0.15) is 15.3 Å². The smallest absolute Gasteiger partial charge is 0.333 e. The van der Waals surface area contributed by atoms with Crippen LogP contribution in [0.3, 0.4) is 0 Å². The number of esters is 2. The van der Waals surface area contributed by atoms with E-state index in [9.17, 15) is 14.0 Å². The zero-order valence-electron chi connectivity index (χ0n) is 27.0. The molecule has 4 aromatic rings. The summed E-state index contributed by atoms with van der Waals surface area (Å²) in [6.07, 6.45) is 0. The summed E-state index contributed by atoms with van der Waals surface area (Å²) in [5.74, 6) is -0.304. The molecule has 0 aliphatic rings. The first-order valence-corrected chi connectivity index (χ1v) is 15.0. The van der Waals surface area contributed by atoms with Crippen molar-refractivity contribution in [1.29, 1.82) is 0 Å². The molecule has 13 heteroatoms. The number of carbonyl (C=O) groups is 2. The normalized spacial score (nSPS) is 10.8. The number of azo groups is 2. The summed E-state index contributed by atoms with van der Waals surface area (Å²) >= 11 is 0. The molecule has 0 bridgehead atoms. The predicted octanol–water partition coefficient (Wildman–Crippen LogP) is 9.09. The fraction of sp³-hybridized carbons (Fsp3) is 0.167. The Labute approximate surface area is 283 Å². The molecule has 0 saturated heterocycles. The molecule has 0 radical (unpaired) electrons. The van der Waals surface area contributed by atoms with Crippen molar-refractivity contribution < 1.29 is 32.9 Å². The molecule has 0 amide bonds. The van der Waals surface area contributed by atoms with E-state index >= 15 is 0 Å². The predicted molar refractivity (Wildman–Crippen MR) is 184 cm³/mol. The van der Waals surface area contributed by atoms with Crippen molar-refractivity contribution in [3.05, 3.63) is 121 Å². The van der Waals surface area contributed by atoms with Gasteiger partial charge in [0.1, 0.15) is 43.6 Å². The van der Waals surface area contributed by atoms with E-state index in [2.05, 4.69) is 44.5 Å². The Kier molecular flexibility index (Phi) is 13.1. The third kappa shape index (κ3) is 12.1. The van der Waals surface area contributed by atoms with Crippen molar-refractivity contribution in [3.8, 4) is 11.5 Å². The maximum atomic E-state index is 14.7. The van der Waals surface area contributed by atoms with Crippen LogP contribution in [0.5, 0.6) is 11.5 Å². The van der Waals surface area contributed by atoms with Gasteiger partial charge in [-0.05, 0) is 98.8 Å². The highest BCUT2D eigenvalue weighted by molar-refractivity contribution is 5.87. The summed E-state index contributed by atoms with van der Waals surface area (Å²) in [5, 5.41) is 16.4. The Balaban J connectivity index is 1.20. The van der Waals surface area contributed by atoms with E-state index in [-0.39, 0.29) is 32.1 Å². The lowest BCUT2D eigenvalue weighted by Crippen LogP contribution is -2.12. The molecule has 4 aromatic carbocycles. The fourth-order valence-corrected chi connectivity index (χ4v) is 3.70. The Bertz CT molecular complexity index is 1810. The second-order valence-electron chi connectivity index (χ2n) is 10.4. The first kappa shape index (κ1) is 35.5. The fourth-order valence-electron chi connectivity index (χ4n) is 3.70. The first-order chi connectivity index (χ1) is 23.7. The van der Waals surface area contributed by atoms with Gasteiger partial charge < -0.3 is 29.8 Å². The average molecular weight is 667 g/mol. The van der Waals surface area contributed by atoms with E-state index in [0.29, 0.717) is 39.7 Å². The maximum absolute atomic E-state index is 14.7. The number of hydrogen-bond donors (Lipinski definition) is 2. The zero-order chi connectivity index (χ0) is 35.0. The average Bonchev–Trinajstić information content (AvgIpc) is 3.11. The minimum absolute atomic E-state index is 0.0542. The number of benzene rings is 4. The highest BCUT2D eigenvalue weighted by Gasteiger charge is 2.06. The molecule has 0 unspecified atom stereocenters. The molecule has 0 atom stereocenters. The lowest BCUT2D eigenvalue weighted by atomic mass is 10.3. The van der Waals surface area contributed by atoms with Gasteiger partial charge in [0.15, 0.2) is 5.82 Å². The minimum atomic E-state index is -0.596. The highest BCUT2D eigenvalue weighted by atomic mass is 19.1. The molecule has 0 fully saturated rings. The van der Waals surface area contributed by atoms with Crippen LogP contribution < -0.4 is 20.3 Å². The van der Waals surface area contributed by atoms with E-state index in [0.717, 1.165) is 11.4 Å². The number of halogens is 1. The Morgan fingerprint density at radius 2 is 1.00 bits per heavy atom. The van der Waals surface area contributed by atoms with Gasteiger partial charge in [0, 0.05) is 17.2 Å². The molecule has 49 heavy (non-hydrogen) atoms. The van der Waals surface area contributed by atoms with Crippen LogP contribution in [0.15, 0.2) is 136 Å². The Morgan fingerprint density at radius 1 is 0.592 bits per heavy atom. The summed E-state index contributed by atoms with van der Waals surface area (Å²) in [4.78, 5) is 22.8. The molecule has 0 aliphatic carbocycles. The summed E-state index contributed by atoms with van der Waals surface area (Å²) in [6.45, 7) is 10.9. The van der Waals surface area contributed by atoms with Crippen LogP contribution in [-0.4, -0.2) is 38.4 Å². The number of nitrogens with zero attached hydrogens (tertiary/aromatic N) is 4. The topological polar surface area (TPSA) is 145 Å². The van der Waals surface area contributed by atoms with E-state index in [1.807, 2.05) is 12.1 Å². The number of ether oxygens (including phenoxy) is 4. The summed E-state index contributed by atoms with van der Waals surface area (Å²) in [5.41, 5.74) is 9.83. The molecule has 252 valence electrons. The SMILES string of the molecule is C=C(C)C(=O)OCCOc1ccc(/N=N/c2ccc(/N=N/c3ccc(NNc4ccc(OCCOC(=O)C(=C)C)cc4)cc3)c(F)c2)cc1. The first-order valence-electron chi connectivity index (χ1n) is 15.0. The summed E-state index contributed by atoms with van der Waals surface area (Å²) in [7, 11) is 0. The van der Waals surface area contributed by atoms with Crippen molar-refractivity contribution in [2.75, 3.05) is 37.3 Å². The van der Waals surface area contributed by atoms with E-state index in [1.54, 1.807) is 80.6 Å². The second-order valence-corrected chi connectivity index (χ2v) is 10.4. The standard InChI is InChI=1S/C36H35FN6O6/c1-24(2)35(44)48-21-19-46-31-14-9-28(10-15-31)39-38-26-5-7-27(8-6-26)41-43-34-18-13-30(23-33(34)37)42-40-29-11-16-32(17-12-29)47-20-22-49-36(45)25(3)4/h5-18,23,38-39H,1,3,19-22H2,2,4H3/b42-40+,43-41+. The van der Waals surface area contributed by atoms with Gasteiger partial charge in [-0.3, -0.25) is 0 Å². The number of rotatable bonds is 17. The zero-order valence-corrected chi connectivity index (χ0v) is 27.0. The highest BCUT2D eigenvalue weighted by Crippen LogP contribution is 2.28. The van der Waals surface area contributed by atoms with Crippen molar-refractivity contribution in [2.45, 2.75) is 13.8 Å². The number of nitrogens with one attached hydrogen (secondary N) is 2. The van der Waals surface area contributed by atoms with Gasteiger partial charge in [0.05, 0.1) is 28.4 Å². The second kappa shape index (κ2) is 18.1. The molecule has 0 aliphatic heterocycles. The summed E-state index contributed by atoms with van der Waals surface area (Å²) in [6, 6.07) is 25.4. The van der Waals surface area contributed by atoms with Crippen molar-refractivity contribution in [2.24, 2.45) is 20.5 Å². The van der Waals surface area contributed by atoms with Gasteiger partial charge in [-0.25, -0.2) is 14.0 Å². The van der Waals surface area contributed by atoms with Gasteiger partial charge in [-0.15, -0.1) is 5.11 Å². The molecule has 0 saturated carbocycles. The van der Waals surface area contributed by atoms with Crippen LogP contribution in [0.4, 0.5) is 38.5 Å². The Hall–Kier alpha value is -6.37. The van der Waals surface area contributed by atoms with Gasteiger partial charge in [0.25, 0.3) is 0 Å². The number of hydrogen-bond acceptors (Lipinski definition) is 12. The van der Waals surface area contributed by atoms with Gasteiger partial charge in [-0.1, -0.05) is 13.2 Å². The monoisotopic (exact) mass is 666 g/mol.